The Kier molecular flexibility index (Phi) is 6.76. The molecule has 3 rings (SSSR count). The number of ether oxygens (including phenoxy) is 1. The van der Waals surface area contributed by atoms with Crippen molar-refractivity contribution in [3.63, 3.8) is 0 Å². The number of aromatic nitrogens is 2. The summed E-state index contributed by atoms with van der Waals surface area (Å²) in [5.74, 6) is -0.159. The predicted octanol–water partition coefficient (Wildman–Crippen LogP) is 3.99. The molecule has 0 spiro atoms. The van der Waals surface area contributed by atoms with Crippen LogP contribution >= 0.6 is 23.2 Å². The molecule has 2 aromatic carbocycles. The van der Waals surface area contributed by atoms with Crippen LogP contribution < -0.4 is 14.8 Å². The van der Waals surface area contributed by atoms with Crippen molar-refractivity contribution in [1.82, 2.24) is 9.97 Å². The molecule has 0 aliphatic carbocycles. The number of nitrogens with one attached hydrogen (secondary N) is 2. The average molecular weight is 467 g/mol. The zero-order chi connectivity index (χ0) is 21.7. The molecule has 1 aromatic heterocycles. The second-order valence-corrected chi connectivity index (χ2v) is 8.55. The Bertz CT molecular complexity index is 1140. The van der Waals surface area contributed by atoms with Crippen LogP contribution in [0.25, 0.3) is 0 Å². The predicted molar refractivity (Wildman–Crippen MR) is 114 cm³/mol. The third-order valence-corrected chi connectivity index (χ3v) is 5.67. The van der Waals surface area contributed by atoms with Crippen LogP contribution in [-0.4, -0.2) is 30.4 Å². The van der Waals surface area contributed by atoms with Crippen LogP contribution in [0.1, 0.15) is 6.92 Å². The van der Waals surface area contributed by atoms with Gasteiger partial charge in [-0.2, -0.15) is 0 Å². The molecule has 1 amide bonds. The van der Waals surface area contributed by atoms with Crippen molar-refractivity contribution < 1.29 is 17.9 Å². The first-order chi connectivity index (χ1) is 14.2. The van der Waals surface area contributed by atoms with Gasteiger partial charge in [-0.15, -0.1) is 0 Å². The van der Waals surface area contributed by atoms with Gasteiger partial charge < -0.3 is 10.1 Å². The van der Waals surface area contributed by atoms with Gasteiger partial charge in [-0.05, 0) is 55.5 Å². The fraction of sp³-hybridized carbons (Fsp3) is 0.105. The SMILES string of the molecule is C[C@H](Oc1ccc(Cl)cc1Cl)C(=O)Nc1ccc(S(=O)(=O)Nc2ncccn2)cc1. The van der Waals surface area contributed by atoms with E-state index in [0.29, 0.717) is 16.5 Å². The largest absolute Gasteiger partial charge is 0.479 e. The van der Waals surface area contributed by atoms with Crippen LogP contribution in [-0.2, 0) is 14.8 Å². The van der Waals surface area contributed by atoms with E-state index >= 15 is 0 Å². The van der Waals surface area contributed by atoms with E-state index in [2.05, 4.69) is 20.0 Å². The second-order valence-electron chi connectivity index (χ2n) is 6.03. The van der Waals surface area contributed by atoms with Crippen molar-refractivity contribution in [2.75, 3.05) is 10.0 Å². The summed E-state index contributed by atoms with van der Waals surface area (Å²) in [6.45, 7) is 1.56. The summed E-state index contributed by atoms with van der Waals surface area (Å²) in [5, 5.41) is 3.38. The van der Waals surface area contributed by atoms with E-state index in [1.54, 1.807) is 25.1 Å². The highest BCUT2D eigenvalue weighted by atomic mass is 35.5. The fourth-order valence-electron chi connectivity index (χ4n) is 2.31. The molecule has 0 radical (unpaired) electrons. The first kappa shape index (κ1) is 21.8. The molecule has 0 saturated carbocycles. The zero-order valence-corrected chi connectivity index (χ0v) is 17.9. The van der Waals surface area contributed by atoms with E-state index in [1.807, 2.05) is 0 Å². The van der Waals surface area contributed by atoms with Crippen molar-refractivity contribution >= 4 is 50.8 Å². The number of benzene rings is 2. The number of carbonyl (C=O) groups is 1. The monoisotopic (exact) mass is 466 g/mol. The van der Waals surface area contributed by atoms with Gasteiger partial charge in [0.15, 0.2) is 6.10 Å². The van der Waals surface area contributed by atoms with E-state index in [1.165, 1.54) is 42.7 Å². The molecule has 0 unspecified atom stereocenters. The first-order valence-electron chi connectivity index (χ1n) is 8.57. The number of rotatable bonds is 7. The van der Waals surface area contributed by atoms with Crippen LogP contribution in [0.15, 0.2) is 65.8 Å². The number of anilines is 2. The highest BCUT2D eigenvalue weighted by Gasteiger charge is 2.18. The number of sulfonamides is 1. The van der Waals surface area contributed by atoms with E-state index in [0.717, 1.165) is 0 Å². The smallest absolute Gasteiger partial charge is 0.265 e. The number of hydrogen-bond acceptors (Lipinski definition) is 6. The van der Waals surface area contributed by atoms with Gasteiger partial charge in [0.2, 0.25) is 5.95 Å². The van der Waals surface area contributed by atoms with E-state index in [-0.39, 0.29) is 15.9 Å². The summed E-state index contributed by atoms with van der Waals surface area (Å²) < 4.78 is 32.6. The lowest BCUT2D eigenvalue weighted by Crippen LogP contribution is -2.30. The van der Waals surface area contributed by atoms with Gasteiger partial charge in [-0.25, -0.2) is 23.1 Å². The Labute approximate surface area is 183 Å². The van der Waals surface area contributed by atoms with Crippen molar-refractivity contribution in [2.24, 2.45) is 0 Å². The van der Waals surface area contributed by atoms with E-state index < -0.39 is 22.0 Å². The molecule has 0 aliphatic heterocycles. The molecule has 30 heavy (non-hydrogen) atoms. The molecule has 8 nitrogen and oxygen atoms in total. The number of hydrogen-bond donors (Lipinski definition) is 2. The summed E-state index contributed by atoms with van der Waals surface area (Å²) in [4.78, 5) is 20.0. The number of nitrogens with zero attached hydrogens (tertiary/aromatic N) is 2. The molecule has 1 heterocycles. The molecule has 0 saturated heterocycles. The van der Waals surface area contributed by atoms with Crippen LogP contribution in [0.5, 0.6) is 5.75 Å². The Hall–Kier alpha value is -2.88. The molecule has 11 heteroatoms. The normalized spacial score (nSPS) is 12.1. The third-order valence-electron chi connectivity index (χ3n) is 3.79. The van der Waals surface area contributed by atoms with Crippen LogP contribution in [0, 0.1) is 0 Å². The van der Waals surface area contributed by atoms with Crippen LogP contribution in [0.3, 0.4) is 0 Å². The topological polar surface area (TPSA) is 110 Å². The minimum Gasteiger partial charge on any atom is -0.479 e. The van der Waals surface area contributed by atoms with Gasteiger partial charge in [0.05, 0.1) is 9.92 Å². The maximum absolute atomic E-state index is 12.4. The Balaban J connectivity index is 1.64. The van der Waals surface area contributed by atoms with Crippen molar-refractivity contribution in [3.8, 4) is 5.75 Å². The summed E-state index contributed by atoms with van der Waals surface area (Å²) >= 11 is 11.9. The maximum atomic E-state index is 12.4. The summed E-state index contributed by atoms with van der Waals surface area (Å²) in [7, 11) is -3.86. The van der Waals surface area contributed by atoms with Crippen molar-refractivity contribution in [1.29, 1.82) is 0 Å². The first-order valence-corrected chi connectivity index (χ1v) is 10.8. The number of halogens is 2. The fourth-order valence-corrected chi connectivity index (χ4v) is 3.72. The van der Waals surface area contributed by atoms with Gasteiger partial charge in [-0.3, -0.25) is 4.79 Å². The van der Waals surface area contributed by atoms with Crippen molar-refractivity contribution in [2.45, 2.75) is 17.9 Å². The molecule has 0 fully saturated rings. The molecule has 156 valence electrons. The van der Waals surface area contributed by atoms with Gasteiger partial charge in [0.1, 0.15) is 5.75 Å². The zero-order valence-electron chi connectivity index (χ0n) is 15.5. The summed E-state index contributed by atoms with van der Waals surface area (Å²) in [6, 6.07) is 11.9. The van der Waals surface area contributed by atoms with Gasteiger partial charge >= 0.3 is 0 Å². The van der Waals surface area contributed by atoms with Gasteiger partial charge in [0, 0.05) is 23.1 Å². The third kappa shape index (κ3) is 5.59. The second kappa shape index (κ2) is 9.29. The standard InChI is InChI=1S/C19H16Cl2N4O4S/c1-12(29-17-8-3-13(20)11-16(17)21)18(26)24-14-4-6-15(7-5-14)30(27,28)25-19-22-9-2-10-23-19/h2-12H,1H3,(H,24,26)(H,22,23,25)/t12-/m0/s1. The quantitative estimate of drug-likeness (QED) is 0.544. The summed E-state index contributed by atoms with van der Waals surface area (Å²) in [5.41, 5.74) is 0.396. The molecule has 3 aromatic rings. The molecule has 1 atom stereocenters. The number of carbonyl (C=O) groups excluding carboxylic acids is 1. The Morgan fingerprint density at radius 3 is 2.37 bits per heavy atom. The summed E-state index contributed by atoms with van der Waals surface area (Å²) in [6.07, 6.45) is 1.98. The molecular weight excluding hydrogens is 451 g/mol. The lowest BCUT2D eigenvalue weighted by Gasteiger charge is -2.16. The number of amides is 1. The minimum atomic E-state index is -3.86. The van der Waals surface area contributed by atoms with Crippen molar-refractivity contribution in [3.05, 3.63) is 71.0 Å². The highest BCUT2D eigenvalue weighted by Crippen LogP contribution is 2.28. The maximum Gasteiger partial charge on any atom is 0.265 e. The van der Waals surface area contributed by atoms with E-state index in [9.17, 15) is 13.2 Å². The van der Waals surface area contributed by atoms with Gasteiger partial charge in [-0.1, -0.05) is 23.2 Å². The molecule has 2 N–H and O–H groups in total. The molecule has 0 bridgehead atoms. The van der Waals surface area contributed by atoms with Crippen LogP contribution in [0.4, 0.5) is 11.6 Å². The minimum absolute atomic E-state index is 0.00908. The van der Waals surface area contributed by atoms with E-state index in [4.69, 9.17) is 27.9 Å². The Morgan fingerprint density at radius 1 is 1.07 bits per heavy atom. The van der Waals surface area contributed by atoms with Crippen LogP contribution in [0.2, 0.25) is 10.0 Å². The average Bonchev–Trinajstić information content (AvgIpc) is 2.71. The highest BCUT2D eigenvalue weighted by molar-refractivity contribution is 7.92. The molecular formula is C19H16Cl2N4O4S. The Morgan fingerprint density at radius 2 is 1.73 bits per heavy atom. The molecule has 0 aliphatic rings. The lowest BCUT2D eigenvalue weighted by atomic mass is 10.3. The van der Waals surface area contributed by atoms with Gasteiger partial charge in [0.25, 0.3) is 15.9 Å². The lowest BCUT2D eigenvalue weighted by molar-refractivity contribution is -0.122.